The molecule has 0 fully saturated rings. The predicted octanol–water partition coefficient (Wildman–Crippen LogP) is -0.633. The van der Waals surface area contributed by atoms with Crippen molar-refractivity contribution in [1.82, 2.24) is 15.0 Å². The molecule has 0 atom stereocenters. The highest BCUT2D eigenvalue weighted by Gasteiger charge is 2.13. The zero-order chi connectivity index (χ0) is 13.4. The number of aliphatic hydroxyl groups is 1. The van der Waals surface area contributed by atoms with Crippen LogP contribution in [0.2, 0.25) is 0 Å². The molecule has 0 amide bonds. The number of hydrogen-bond donors (Lipinski definition) is 2. The van der Waals surface area contributed by atoms with Crippen molar-refractivity contribution in [3.63, 3.8) is 0 Å². The number of nitrogens with one attached hydrogen (secondary N) is 1. The smallest absolute Gasteiger partial charge is 0.322 e. The number of aromatic nitrogens is 3. The van der Waals surface area contributed by atoms with Gasteiger partial charge in [0.1, 0.15) is 0 Å². The van der Waals surface area contributed by atoms with Gasteiger partial charge >= 0.3 is 6.01 Å². The molecule has 0 aliphatic rings. The molecular weight excluding hydrogens is 238 g/mol. The highest BCUT2D eigenvalue weighted by molar-refractivity contribution is 5.38. The average Bonchev–Trinajstić information content (AvgIpc) is 2.42. The van der Waals surface area contributed by atoms with Gasteiger partial charge in [-0.3, -0.25) is 0 Å². The molecule has 1 rings (SSSR count). The quantitative estimate of drug-likeness (QED) is 0.635. The van der Waals surface area contributed by atoms with Crippen LogP contribution in [0, 0.1) is 0 Å². The van der Waals surface area contributed by atoms with Gasteiger partial charge in [0.05, 0.1) is 20.3 Å². The van der Waals surface area contributed by atoms with Crippen molar-refractivity contribution in [2.45, 2.75) is 0 Å². The number of hydrogen-bond acceptors (Lipinski definition) is 8. The van der Waals surface area contributed by atoms with E-state index in [1.54, 1.807) is 19.1 Å². The molecule has 0 bridgehead atoms. The van der Waals surface area contributed by atoms with E-state index in [-0.39, 0.29) is 12.6 Å². The van der Waals surface area contributed by atoms with Crippen molar-refractivity contribution in [3.8, 4) is 6.01 Å². The standard InChI is InChI=1S/C10H19N5O3/c1-11-8-12-9(14-10(13-8)18-3)15(4-6-16)5-7-17-2/h16H,4-7H2,1-3H3,(H,11,12,13,14). The normalized spacial score (nSPS) is 10.2. The SMILES string of the molecule is CNc1nc(OC)nc(N(CCO)CCOC)n1. The molecule has 1 aromatic rings. The molecule has 0 radical (unpaired) electrons. The number of anilines is 2. The van der Waals surface area contributed by atoms with E-state index in [1.807, 2.05) is 0 Å². The van der Waals surface area contributed by atoms with Gasteiger partial charge in [-0.05, 0) is 0 Å². The van der Waals surface area contributed by atoms with Crippen molar-refractivity contribution < 1.29 is 14.6 Å². The molecule has 0 aliphatic heterocycles. The summed E-state index contributed by atoms with van der Waals surface area (Å²) < 4.78 is 10.0. The van der Waals surface area contributed by atoms with Gasteiger partial charge in [0.25, 0.3) is 0 Å². The first-order valence-corrected chi connectivity index (χ1v) is 5.57. The monoisotopic (exact) mass is 257 g/mol. The van der Waals surface area contributed by atoms with E-state index in [0.717, 1.165) is 0 Å². The summed E-state index contributed by atoms with van der Waals surface area (Å²) in [4.78, 5) is 14.2. The molecular formula is C10H19N5O3. The van der Waals surface area contributed by atoms with Gasteiger partial charge < -0.3 is 24.8 Å². The Morgan fingerprint density at radius 2 is 2.00 bits per heavy atom. The van der Waals surface area contributed by atoms with Gasteiger partial charge in [-0.2, -0.15) is 15.0 Å². The summed E-state index contributed by atoms with van der Waals surface area (Å²) in [6, 6.07) is 0.227. The van der Waals surface area contributed by atoms with Gasteiger partial charge in [0.2, 0.25) is 11.9 Å². The zero-order valence-corrected chi connectivity index (χ0v) is 10.9. The number of ether oxygens (including phenoxy) is 2. The maximum atomic E-state index is 9.05. The van der Waals surface area contributed by atoms with Crippen molar-refractivity contribution in [3.05, 3.63) is 0 Å². The summed E-state index contributed by atoms with van der Waals surface area (Å²) in [7, 11) is 4.82. The summed E-state index contributed by atoms with van der Waals surface area (Å²) in [6.45, 7) is 1.52. The molecule has 102 valence electrons. The fourth-order valence-corrected chi connectivity index (χ4v) is 1.32. The predicted molar refractivity (Wildman–Crippen MR) is 67.1 cm³/mol. The Morgan fingerprint density at radius 1 is 1.22 bits per heavy atom. The summed E-state index contributed by atoms with van der Waals surface area (Å²) in [5.41, 5.74) is 0. The van der Waals surface area contributed by atoms with Gasteiger partial charge in [0.15, 0.2) is 0 Å². The second-order valence-corrected chi connectivity index (χ2v) is 3.40. The first-order chi connectivity index (χ1) is 8.74. The lowest BCUT2D eigenvalue weighted by molar-refractivity contribution is 0.202. The lowest BCUT2D eigenvalue weighted by Crippen LogP contribution is -2.32. The van der Waals surface area contributed by atoms with Crippen LogP contribution in [0.25, 0.3) is 0 Å². The Hall–Kier alpha value is -1.67. The fourth-order valence-electron chi connectivity index (χ4n) is 1.32. The Balaban J connectivity index is 2.93. The van der Waals surface area contributed by atoms with E-state index in [2.05, 4.69) is 20.3 Å². The number of aliphatic hydroxyl groups excluding tert-OH is 1. The molecule has 8 heteroatoms. The Bertz CT molecular complexity index is 341. The van der Waals surface area contributed by atoms with E-state index in [0.29, 0.717) is 31.6 Å². The highest BCUT2D eigenvalue weighted by Crippen LogP contribution is 2.14. The van der Waals surface area contributed by atoms with Gasteiger partial charge in [-0.1, -0.05) is 0 Å². The minimum absolute atomic E-state index is 0.00655. The minimum atomic E-state index is 0.00655. The van der Waals surface area contributed by atoms with Crippen molar-refractivity contribution in [1.29, 1.82) is 0 Å². The van der Waals surface area contributed by atoms with Crippen LogP contribution in [-0.4, -0.2) is 67.6 Å². The molecule has 0 spiro atoms. The van der Waals surface area contributed by atoms with Crippen LogP contribution in [0.1, 0.15) is 0 Å². The third-order valence-corrected chi connectivity index (χ3v) is 2.23. The van der Waals surface area contributed by atoms with E-state index < -0.39 is 0 Å². The highest BCUT2D eigenvalue weighted by atomic mass is 16.5. The van der Waals surface area contributed by atoms with Crippen LogP contribution >= 0.6 is 0 Å². The summed E-state index contributed by atoms with van der Waals surface area (Å²) in [6.07, 6.45) is 0. The van der Waals surface area contributed by atoms with Crippen LogP contribution in [0.15, 0.2) is 0 Å². The molecule has 2 N–H and O–H groups in total. The summed E-state index contributed by atoms with van der Waals surface area (Å²) in [5, 5.41) is 11.9. The molecule has 0 saturated carbocycles. The molecule has 0 aliphatic carbocycles. The second kappa shape index (κ2) is 7.62. The van der Waals surface area contributed by atoms with E-state index in [1.165, 1.54) is 7.11 Å². The lowest BCUT2D eigenvalue weighted by atomic mass is 10.5. The average molecular weight is 257 g/mol. The molecule has 0 unspecified atom stereocenters. The Labute approximate surface area is 106 Å². The Kier molecular flexibility index (Phi) is 6.09. The topological polar surface area (TPSA) is 92.6 Å². The first-order valence-electron chi connectivity index (χ1n) is 5.57. The van der Waals surface area contributed by atoms with E-state index in [9.17, 15) is 0 Å². The van der Waals surface area contributed by atoms with Gasteiger partial charge in [0, 0.05) is 27.2 Å². The lowest BCUT2D eigenvalue weighted by Gasteiger charge is -2.21. The molecule has 1 heterocycles. The van der Waals surface area contributed by atoms with E-state index >= 15 is 0 Å². The van der Waals surface area contributed by atoms with Crippen molar-refractivity contribution in [2.75, 3.05) is 57.8 Å². The van der Waals surface area contributed by atoms with Crippen LogP contribution in [0.3, 0.4) is 0 Å². The number of nitrogens with zero attached hydrogens (tertiary/aromatic N) is 4. The maximum Gasteiger partial charge on any atom is 0.322 e. The molecule has 18 heavy (non-hydrogen) atoms. The first kappa shape index (κ1) is 14.4. The molecule has 8 nitrogen and oxygen atoms in total. The number of methoxy groups -OCH3 is 2. The van der Waals surface area contributed by atoms with Gasteiger partial charge in [-0.15, -0.1) is 0 Å². The van der Waals surface area contributed by atoms with Crippen LogP contribution in [0.5, 0.6) is 6.01 Å². The molecule has 1 aromatic heterocycles. The summed E-state index contributed by atoms with van der Waals surface area (Å²) in [5.74, 6) is 0.856. The largest absolute Gasteiger partial charge is 0.467 e. The Morgan fingerprint density at radius 3 is 2.56 bits per heavy atom. The van der Waals surface area contributed by atoms with Crippen molar-refractivity contribution in [2.24, 2.45) is 0 Å². The van der Waals surface area contributed by atoms with Crippen molar-refractivity contribution >= 4 is 11.9 Å². The molecule has 0 saturated heterocycles. The fraction of sp³-hybridized carbons (Fsp3) is 0.700. The summed E-state index contributed by atoms with van der Waals surface area (Å²) >= 11 is 0. The van der Waals surface area contributed by atoms with Crippen LogP contribution in [-0.2, 0) is 4.74 Å². The number of rotatable bonds is 8. The zero-order valence-electron chi connectivity index (χ0n) is 10.9. The second-order valence-electron chi connectivity index (χ2n) is 3.40. The van der Waals surface area contributed by atoms with Crippen LogP contribution < -0.4 is 15.0 Å². The van der Waals surface area contributed by atoms with Crippen LogP contribution in [0.4, 0.5) is 11.9 Å². The van der Waals surface area contributed by atoms with E-state index in [4.69, 9.17) is 14.6 Å². The maximum absolute atomic E-state index is 9.05. The molecule has 0 aromatic carbocycles. The third-order valence-electron chi connectivity index (χ3n) is 2.23. The minimum Gasteiger partial charge on any atom is -0.467 e. The van der Waals surface area contributed by atoms with Gasteiger partial charge in [-0.25, -0.2) is 0 Å². The third kappa shape index (κ3) is 3.97.